The fraction of sp³-hybridized carbons (Fsp3) is 0.333. The van der Waals surface area contributed by atoms with Gasteiger partial charge in [0.1, 0.15) is 0 Å². The van der Waals surface area contributed by atoms with Crippen LogP contribution in [-0.4, -0.2) is 7.05 Å². The summed E-state index contributed by atoms with van der Waals surface area (Å²) in [6, 6.07) is 17.7. The highest BCUT2D eigenvalue weighted by atomic mass is 15.2. The van der Waals surface area contributed by atoms with Gasteiger partial charge in [0.2, 0.25) is 0 Å². The minimum Gasteiger partial charge on any atom is -0.347 e. The first kappa shape index (κ1) is 29.4. The third-order valence-corrected chi connectivity index (χ3v) is 8.51. The highest BCUT2D eigenvalue weighted by Gasteiger charge is 2.39. The van der Waals surface area contributed by atoms with E-state index in [4.69, 9.17) is 0 Å². The van der Waals surface area contributed by atoms with Crippen LogP contribution in [0.5, 0.6) is 0 Å². The number of hydrogen-bond donors (Lipinski definition) is 0. The van der Waals surface area contributed by atoms with Gasteiger partial charge in [-0.2, -0.15) is 0 Å². The van der Waals surface area contributed by atoms with Crippen molar-refractivity contribution < 1.29 is 0 Å². The second-order valence-corrected chi connectivity index (χ2v) is 12.3. The van der Waals surface area contributed by atoms with Crippen LogP contribution in [0.4, 0.5) is 5.69 Å². The summed E-state index contributed by atoms with van der Waals surface area (Å²) in [5, 5.41) is 2.64. The number of aryl methyl sites for hydroxylation is 1. The maximum atomic E-state index is 4.50. The second-order valence-electron chi connectivity index (χ2n) is 12.3. The van der Waals surface area contributed by atoms with Gasteiger partial charge < -0.3 is 4.90 Å². The zero-order valence-corrected chi connectivity index (χ0v) is 25.9. The molecule has 0 bridgehead atoms. The average molecular weight is 530 g/mol. The molecule has 0 fully saturated rings. The summed E-state index contributed by atoms with van der Waals surface area (Å²) >= 11 is 0. The van der Waals surface area contributed by atoms with Gasteiger partial charge in [0, 0.05) is 29.3 Å². The van der Waals surface area contributed by atoms with E-state index in [0.717, 1.165) is 18.4 Å². The monoisotopic (exact) mass is 529 g/mol. The van der Waals surface area contributed by atoms with Crippen LogP contribution < -0.4 is 4.90 Å². The standard InChI is InChI=1S/C36H39N.C3H8/c1-25-21-22-27-16-11-13-18-29(27)33(25)35(3,4)26(2)15-9-8-10-20-32-36(5,6)34-30-19-14-12-17-28(30)23-24-31(34)37(32)7;1-3-2/h8-12,14-17,19-24H,2,13,18H2,1,3-7H3;3H2,1-2H3/b10-8+,15-9+,32-20+;. The molecule has 3 aromatic rings. The molecule has 2 aliphatic rings. The minimum atomic E-state index is -0.125. The number of likely N-dealkylation sites (N-methyl/N-ethyl adjacent to an activating group) is 1. The Balaban J connectivity index is 0.00000118. The van der Waals surface area contributed by atoms with Crippen molar-refractivity contribution in [2.75, 3.05) is 11.9 Å². The molecule has 208 valence electrons. The van der Waals surface area contributed by atoms with Crippen molar-refractivity contribution in [1.29, 1.82) is 0 Å². The first-order chi connectivity index (χ1) is 19.1. The van der Waals surface area contributed by atoms with E-state index in [-0.39, 0.29) is 10.8 Å². The molecule has 0 saturated carbocycles. The maximum absolute atomic E-state index is 4.50. The Hall–Kier alpha value is -3.58. The van der Waals surface area contributed by atoms with Gasteiger partial charge in [-0.1, -0.05) is 133 Å². The maximum Gasteiger partial charge on any atom is 0.0454 e. The summed E-state index contributed by atoms with van der Waals surface area (Å²) in [5.74, 6) is 0. The lowest BCUT2D eigenvalue weighted by atomic mass is 9.72. The molecular formula is C39H47N. The Morgan fingerprint density at radius 2 is 1.73 bits per heavy atom. The Morgan fingerprint density at radius 3 is 2.48 bits per heavy atom. The zero-order valence-electron chi connectivity index (χ0n) is 25.9. The van der Waals surface area contributed by atoms with E-state index in [2.05, 4.69) is 158 Å². The minimum absolute atomic E-state index is 0.0665. The van der Waals surface area contributed by atoms with Crippen LogP contribution >= 0.6 is 0 Å². The van der Waals surface area contributed by atoms with E-state index in [1.807, 2.05) is 0 Å². The summed E-state index contributed by atoms with van der Waals surface area (Å²) in [7, 11) is 2.18. The molecule has 1 heteroatoms. The number of hydrogen-bond acceptors (Lipinski definition) is 1. The van der Waals surface area contributed by atoms with Crippen LogP contribution in [0.25, 0.3) is 16.8 Å². The first-order valence-electron chi connectivity index (χ1n) is 14.9. The van der Waals surface area contributed by atoms with Crippen molar-refractivity contribution in [3.8, 4) is 0 Å². The van der Waals surface area contributed by atoms with Gasteiger partial charge in [-0.15, -0.1) is 0 Å². The number of anilines is 1. The van der Waals surface area contributed by atoms with Crippen molar-refractivity contribution in [3.05, 3.63) is 131 Å². The number of nitrogens with zero attached hydrogens (tertiary/aromatic N) is 1. The molecule has 1 nitrogen and oxygen atoms in total. The second kappa shape index (κ2) is 11.9. The Kier molecular flexibility index (Phi) is 8.74. The van der Waals surface area contributed by atoms with E-state index in [1.165, 1.54) is 56.4 Å². The molecule has 5 rings (SSSR count). The highest BCUT2D eigenvalue weighted by Crippen LogP contribution is 2.50. The summed E-state index contributed by atoms with van der Waals surface area (Å²) in [5.41, 5.74) is 10.6. The van der Waals surface area contributed by atoms with Crippen LogP contribution in [0.1, 0.15) is 82.2 Å². The van der Waals surface area contributed by atoms with Crippen LogP contribution in [-0.2, 0) is 17.3 Å². The zero-order chi connectivity index (χ0) is 29.1. The largest absolute Gasteiger partial charge is 0.347 e. The van der Waals surface area contributed by atoms with Crippen molar-refractivity contribution in [2.45, 2.75) is 78.6 Å². The van der Waals surface area contributed by atoms with Gasteiger partial charge in [-0.3, -0.25) is 0 Å². The van der Waals surface area contributed by atoms with Crippen molar-refractivity contribution in [2.24, 2.45) is 0 Å². The molecule has 0 amide bonds. The van der Waals surface area contributed by atoms with Crippen molar-refractivity contribution in [1.82, 2.24) is 0 Å². The van der Waals surface area contributed by atoms with Gasteiger partial charge in [-0.05, 0) is 76.1 Å². The number of benzene rings is 3. The molecule has 1 aliphatic carbocycles. The van der Waals surface area contributed by atoms with Crippen LogP contribution in [0, 0.1) is 6.92 Å². The average Bonchev–Trinajstić information content (AvgIpc) is 3.13. The lowest BCUT2D eigenvalue weighted by Crippen LogP contribution is -2.23. The number of allylic oxidation sites excluding steroid dienone is 8. The molecule has 0 atom stereocenters. The molecule has 0 N–H and O–H groups in total. The Morgan fingerprint density at radius 1 is 1.00 bits per heavy atom. The van der Waals surface area contributed by atoms with E-state index in [9.17, 15) is 0 Å². The molecule has 1 aliphatic heterocycles. The van der Waals surface area contributed by atoms with Crippen LogP contribution in [0.15, 0.2) is 103 Å². The normalized spacial score (nSPS) is 16.9. The lowest BCUT2D eigenvalue weighted by molar-refractivity contribution is 0.625. The van der Waals surface area contributed by atoms with Crippen LogP contribution in [0.2, 0.25) is 0 Å². The third-order valence-electron chi connectivity index (χ3n) is 8.51. The molecular weight excluding hydrogens is 482 g/mol. The van der Waals surface area contributed by atoms with Crippen LogP contribution in [0.3, 0.4) is 0 Å². The lowest BCUT2D eigenvalue weighted by Gasteiger charge is -2.32. The SMILES string of the molecule is C=C(/C=C/C=C/C=C1/N(C)c2ccc3ccccc3c2C1(C)C)C(C)(C)c1c(C)ccc2c1CCC=C2.CCC. The van der Waals surface area contributed by atoms with E-state index < -0.39 is 0 Å². The quantitative estimate of drug-likeness (QED) is 0.297. The van der Waals surface area contributed by atoms with E-state index in [1.54, 1.807) is 0 Å². The predicted molar refractivity (Wildman–Crippen MR) is 178 cm³/mol. The summed E-state index contributed by atoms with van der Waals surface area (Å²) < 4.78 is 0. The number of fused-ring (bicyclic) bond motifs is 4. The van der Waals surface area contributed by atoms with E-state index in [0.29, 0.717) is 0 Å². The first-order valence-corrected chi connectivity index (χ1v) is 14.9. The predicted octanol–water partition coefficient (Wildman–Crippen LogP) is 10.8. The van der Waals surface area contributed by atoms with Gasteiger partial charge >= 0.3 is 0 Å². The fourth-order valence-electron chi connectivity index (χ4n) is 6.46. The summed E-state index contributed by atoms with van der Waals surface area (Å²) in [6.07, 6.45) is 18.9. The smallest absolute Gasteiger partial charge is 0.0454 e. The fourth-order valence-corrected chi connectivity index (χ4v) is 6.46. The molecule has 0 spiro atoms. The highest BCUT2D eigenvalue weighted by molar-refractivity contribution is 5.94. The summed E-state index contributed by atoms with van der Waals surface area (Å²) in [4.78, 5) is 2.34. The molecule has 3 aromatic carbocycles. The third kappa shape index (κ3) is 5.39. The van der Waals surface area contributed by atoms with Gasteiger partial charge in [-0.25, -0.2) is 0 Å². The molecule has 1 heterocycles. The van der Waals surface area contributed by atoms with E-state index >= 15 is 0 Å². The molecule has 0 aromatic heterocycles. The molecule has 0 radical (unpaired) electrons. The molecule has 40 heavy (non-hydrogen) atoms. The van der Waals surface area contributed by atoms with Gasteiger partial charge in [0.15, 0.2) is 0 Å². The topological polar surface area (TPSA) is 3.24 Å². The van der Waals surface area contributed by atoms with Gasteiger partial charge in [0.05, 0.1) is 0 Å². The van der Waals surface area contributed by atoms with Crippen molar-refractivity contribution >= 4 is 22.5 Å². The Bertz CT molecular complexity index is 1520. The Labute approximate surface area is 243 Å². The molecule has 0 saturated heterocycles. The number of rotatable bonds is 5. The van der Waals surface area contributed by atoms with Crippen molar-refractivity contribution in [3.63, 3.8) is 0 Å². The molecule has 0 unspecified atom stereocenters. The summed E-state index contributed by atoms with van der Waals surface area (Å²) in [6.45, 7) is 20.3. The van der Waals surface area contributed by atoms with Gasteiger partial charge in [0.25, 0.3) is 0 Å².